The minimum Gasteiger partial charge on any atom is -0.344 e. The van der Waals surface area contributed by atoms with Gasteiger partial charge in [0, 0.05) is 37.2 Å². The van der Waals surface area contributed by atoms with Crippen molar-refractivity contribution in [3.05, 3.63) is 101 Å². The quantitative estimate of drug-likeness (QED) is 0.273. The minimum atomic E-state index is -0.786. The van der Waals surface area contributed by atoms with Gasteiger partial charge in [-0.1, -0.05) is 60.7 Å². The molecule has 3 aliphatic rings. The van der Waals surface area contributed by atoms with Gasteiger partial charge in [-0.2, -0.15) is 0 Å². The van der Waals surface area contributed by atoms with Gasteiger partial charge in [0.1, 0.15) is 5.54 Å². The molecule has 3 N–H and O–H groups in total. The predicted octanol–water partition coefficient (Wildman–Crippen LogP) is 4.22. The van der Waals surface area contributed by atoms with Crippen molar-refractivity contribution in [1.29, 1.82) is 0 Å². The maximum atomic E-state index is 12.6. The lowest BCUT2D eigenvalue weighted by atomic mass is 9.87. The van der Waals surface area contributed by atoms with Crippen LogP contribution in [-0.4, -0.2) is 54.1 Å². The number of rotatable bonds is 8. The van der Waals surface area contributed by atoms with Crippen molar-refractivity contribution in [1.82, 2.24) is 15.5 Å². The number of carbonyl (C=O) groups is 4. The van der Waals surface area contributed by atoms with Crippen LogP contribution in [0.5, 0.6) is 0 Å². The Morgan fingerprint density at radius 3 is 2.28 bits per heavy atom. The van der Waals surface area contributed by atoms with Crippen molar-refractivity contribution in [3.8, 4) is 0 Å². The summed E-state index contributed by atoms with van der Waals surface area (Å²) in [7, 11) is 0. The van der Waals surface area contributed by atoms with Crippen LogP contribution in [0.1, 0.15) is 64.7 Å². The molecule has 1 saturated heterocycles. The van der Waals surface area contributed by atoms with Crippen LogP contribution in [0.15, 0.2) is 72.8 Å². The molecule has 8 nitrogen and oxygen atoms in total. The maximum absolute atomic E-state index is 12.6. The Morgan fingerprint density at radius 1 is 0.814 bits per heavy atom. The highest BCUT2D eigenvalue weighted by molar-refractivity contribution is 5.99. The van der Waals surface area contributed by atoms with Crippen molar-refractivity contribution in [3.63, 3.8) is 0 Å². The molecule has 0 spiro atoms. The summed E-state index contributed by atoms with van der Waals surface area (Å²) in [5.41, 5.74) is 5.98. The second-order valence-electron chi connectivity index (χ2n) is 11.5. The third-order valence-electron chi connectivity index (χ3n) is 8.73. The number of aryl methyl sites for hydroxylation is 2. The van der Waals surface area contributed by atoms with Gasteiger partial charge in [-0.25, -0.2) is 0 Å². The first kappa shape index (κ1) is 30.2. The number of amides is 3. The molecule has 8 heteroatoms. The van der Waals surface area contributed by atoms with Crippen molar-refractivity contribution < 1.29 is 19.2 Å². The maximum Gasteiger partial charge on any atom is 0.250 e. The molecule has 0 atom stereocenters. The third-order valence-corrected chi connectivity index (χ3v) is 8.73. The van der Waals surface area contributed by atoms with Crippen molar-refractivity contribution in [2.45, 2.75) is 63.5 Å². The fourth-order valence-electron chi connectivity index (χ4n) is 6.16. The van der Waals surface area contributed by atoms with E-state index >= 15 is 0 Å². The fraction of sp³-hybridized carbons (Fsp3) is 0.371. The second kappa shape index (κ2) is 14.2. The first-order chi connectivity index (χ1) is 21.0. The summed E-state index contributed by atoms with van der Waals surface area (Å²) in [5, 5.41) is 8.93. The highest BCUT2D eigenvalue weighted by Gasteiger charge is 2.39. The van der Waals surface area contributed by atoms with E-state index in [4.69, 9.17) is 0 Å². The van der Waals surface area contributed by atoms with Crippen LogP contribution in [0, 0.1) is 0 Å². The summed E-state index contributed by atoms with van der Waals surface area (Å²) < 4.78 is 0. The lowest BCUT2D eigenvalue weighted by Gasteiger charge is -2.35. The predicted molar refractivity (Wildman–Crippen MR) is 167 cm³/mol. The Hall–Kier alpha value is -4.30. The molecule has 0 saturated carbocycles. The topological polar surface area (TPSA) is 108 Å². The fourth-order valence-corrected chi connectivity index (χ4v) is 6.16. The number of fused-ring (bicyclic) bond motifs is 2. The number of nitrogens with one attached hydrogen (secondary N) is 3. The highest BCUT2D eigenvalue weighted by atomic mass is 16.2. The molecule has 3 aromatic carbocycles. The standard InChI is InChI=1S/C19H19NO2.C16H21N3O2/c21-18(16-7-2-1-3-8-16)10-11-19(22)20-13-12-15-6-4-5-9-17(15)14-20;20-11-18-16(6-8-17-9-7-16)15(21)19-14-5-4-12-2-1-3-13(12)10-14/h1-9H,10-14H2;4-5,10-11,17H,1-3,6-9H2,(H,18,20)(H,19,21). The summed E-state index contributed by atoms with van der Waals surface area (Å²) in [6, 6.07) is 23.5. The van der Waals surface area contributed by atoms with Crippen molar-refractivity contribution >= 4 is 29.7 Å². The molecule has 1 fully saturated rings. The molecule has 0 unspecified atom stereocenters. The van der Waals surface area contributed by atoms with Crippen LogP contribution in [0.2, 0.25) is 0 Å². The smallest absolute Gasteiger partial charge is 0.250 e. The number of hydrogen-bond acceptors (Lipinski definition) is 5. The molecule has 0 aromatic heterocycles. The summed E-state index contributed by atoms with van der Waals surface area (Å²) in [6.45, 7) is 2.88. The summed E-state index contributed by atoms with van der Waals surface area (Å²) >= 11 is 0. The van der Waals surface area contributed by atoms with E-state index in [1.165, 1.54) is 28.7 Å². The Kier molecular flexibility index (Phi) is 10.00. The van der Waals surface area contributed by atoms with Gasteiger partial charge in [-0.3, -0.25) is 19.2 Å². The van der Waals surface area contributed by atoms with Gasteiger partial charge in [0.2, 0.25) is 18.2 Å². The van der Waals surface area contributed by atoms with Crippen molar-refractivity contribution in [2.75, 3.05) is 25.0 Å². The minimum absolute atomic E-state index is 0.0337. The van der Waals surface area contributed by atoms with Gasteiger partial charge in [0.25, 0.3) is 0 Å². The molecule has 43 heavy (non-hydrogen) atoms. The average molecular weight is 581 g/mol. The highest BCUT2D eigenvalue weighted by Crippen LogP contribution is 2.27. The van der Waals surface area contributed by atoms with Gasteiger partial charge in [-0.05, 0) is 86.0 Å². The van der Waals surface area contributed by atoms with Crippen LogP contribution in [-0.2, 0) is 40.2 Å². The molecule has 1 aliphatic carbocycles. The Balaban J connectivity index is 0.000000171. The molecule has 2 aliphatic heterocycles. The number of piperidine rings is 1. The zero-order chi connectivity index (χ0) is 30.1. The number of ketones is 1. The van der Waals surface area contributed by atoms with Crippen LogP contribution in [0.3, 0.4) is 0 Å². The van der Waals surface area contributed by atoms with Crippen LogP contribution < -0.4 is 16.0 Å². The second-order valence-corrected chi connectivity index (χ2v) is 11.5. The molecule has 3 aromatic rings. The summed E-state index contributed by atoms with van der Waals surface area (Å²) in [4.78, 5) is 49.7. The zero-order valence-electron chi connectivity index (χ0n) is 24.6. The molecule has 6 rings (SSSR count). The van der Waals surface area contributed by atoms with E-state index < -0.39 is 5.54 Å². The SMILES string of the molecule is O=C(CCC(=O)N1CCc2ccccc2C1)c1ccccc1.O=CNC1(C(=O)Nc2ccc3c(c2)CCC3)CCNCC1. The van der Waals surface area contributed by atoms with Gasteiger partial charge >= 0.3 is 0 Å². The number of carbonyl (C=O) groups excluding carboxylic acids is 4. The molecule has 0 bridgehead atoms. The third kappa shape index (κ3) is 7.56. The van der Waals surface area contributed by atoms with Gasteiger partial charge in [-0.15, -0.1) is 0 Å². The van der Waals surface area contributed by atoms with E-state index in [0.29, 0.717) is 31.4 Å². The van der Waals surface area contributed by atoms with Gasteiger partial charge in [0.15, 0.2) is 5.78 Å². The zero-order valence-corrected chi connectivity index (χ0v) is 24.6. The number of hydrogen-bond donors (Lipinski definition) is 3. The van der Waals surface area contributed by atoms with E-state index in [1.807, 2.05) is 41.3 Å². The number of benzene rings is 3. The van der Waals surface area contributed by atoms with E-state index in [-0.39, 0.29) is 30.4 Å². The Labute approximate surface area is 253 Å². The molecule has 0 radical (unpaired) electrons. The molecular formula is C35H40N4O4. The number of Topliss-reactive ketones (excluding diaryl/α,β-unsaturated/α-hetero) is 1. The lowest BCUT2D eigenvalue weighted by Crippen LogP contribution is -2.59. The molecule has 224 valence electrons. The average Bonchev–Trinajstić information content (AvgIpc) is 3.52. The normalized spacial score (nSPS) is 16.5. The Morgan fingerprint density at radius 2 is 1.51 bits per heavy atom. The molecular weight excluding hydrogens is 540 g/mol. The van der Waals surface area contributed by atoms with Crippen LogP contribution in [0.25, 0.3) is 0 Å². The van der Waals surface area contributed by atoms with E-state index in [1.54, 1.807) is 12.1 Å². The monoisotopic (exact) mass is 580 g/mol. The summed E-state index contributed by atoms with van der Waals surface area (Å²) in [6.07, 6.45) is 6.73. The first-order valence-electron chi connectivity index (χ1n) is 15.3. The van der Waals surface area contributed by atoms with Gasteiger partial charge < -0.3 is 20.9 Å². The van der Waals surface area contributed by atoms with E-state index in [2.05, 4.69) is 40.2 Å². The molecule has 2 heterocycles. The van der Waals surface area contributed by atoms with E-state index in [0.717, 1.165) is 44.6 Å². The van der Waals surface area contributed by atoms with Crippen molar-refractivity contribution in [2.24, 2.45) is 0 Å². The first-order valence-corrected chi connectivity index (χ1v) is 15.3. The lowest BCUT2D eigenvalue weighted by molar-refractivity contribution is -0.132. The molecule has 3 amide bonds. The van der Waals surface area contributed by atoms with Gasteiger partial charge in [0.05, 0.1) is 0 Å². The van der Waals surface area contributed by atoms with E-state index in [9.17, 15) is 19.2 Å². The van der Waals surface area contributed by atoms with Crippen LogP contribution in [0.4, 0.5) is 5.69 Å². The Bertz CT molecular complexity index is 1450. The number of anilines is 1. The summed E-state index contributed by atoms with van der Waals surface area (Å²) in [5.74, 6) is -0.0146. The van der Waals surface area contributed by atoms with Crippen LogP contribution >= 0.6 is 0 Å². The number of nitrogens with zero attached hydrogens (tertiary/aromatic N) is 1. The largest absolute Gasteiger partial charge is 0.344 e.